The highest BCUT2D eigenvalue weighted by Gasteiger charge is 2.28. The zero-order chi connectivity index (χ0) is 16.5. The van der Waals surface area contributed by atoms with Gasteiger partial charge in [-0.1, -0.05) is 12.2 Å². The number of carbonyl (C=O) groups excluding carboxylic acids is 1. The molecule has 0 bridgehead atoms. The van der Waals surface area contributed by atoms with E-state index in [4.69, 9.17) is 0 Å². The highest BCUT2D eigenvalue weighted by Crippen LogP contribution is 2.24. The lowest BCUT2D eigenvalue weighted by Gasteiger charge is -2.27. The molecule has 2 amide bonds. The molecule has 2 N–H and O–H groups in total. The molecule has 4 rings (SSSR count). The molecule has 2 heterocycles. The molecule has 0 radical (unpaired) electrons. The van der Waals surface area contributed by atoms with Crippen LogP contribution in [-0.4, -0.2) is 33.7 Å². The van der Waals surface area contributed by atoms with Crippen molar-refractivity contribution in [3.8, 4) is 0 Å². The maximum Gasteiger partial charge on any atom is 0.322 e. The standard InChI is InChI=1S/C18H22N4O2/c23-17-15-7-2-1-6-14(15)16(20-21-17)11-13-5-3-4-10-22(13)18(24)19-12-8-9-12/h3-5,12H,1-2,6-11H2,(H,19,24)(H,21,23). The zero-order valence-electron chi connectivity index (χ0n) is 13.7. The van der Waals surface area contributed by atoms with Crippen LogP contribution in [-0.2, 0) is 19.3 Å². The van der Waals surface area contributed by atoms with Crippen LogP contribution in [0.15, 0.2) is 28.7 Å². The number of aromatic amines is 1. The van der Waals surface area contributed by atoms with E-state index in [0.717, 1.165) is 61.0 Å². The summed E-state index contributed by atoms with van der Waals surface area (Å²) in [5.74, 6) is 0. The Morgan fingerprint density at radius 2 is 2.08 bits per heavy atom. The van der Waals surface area contributed by atoms with Crippen molar-refractivity contribution in [1.29, 1.82) is 0 Å². The number of nitrogens with one attached hydrogen (secondary N) is 2. The van der Waals surface area contributed by atoms with E-state index in [1.54, 1.807) is 4.90 Å². The predicted octanol–water partition coefficient (Wildman–Crippen LogP) is 1.82. The molecule has 0 saturated heterocycles. The van der Waals surface area contributed by atoms with Gasteiger partial charge in [0.1, 0.15) is 0 Å². The van der Waals surface area contributed by atoms with Crippen LogP contribution in [0.4, 0.5) is 4.79 Å². The van der Waals surface area contributed by atoms with Crippen molar-refractivity contribution in [1.82, 2.24) is 20.4 Å². The van der Waals surface area contributed by atoms with Gasteiger partial charge >= 0.3 is 6.03 Å². The average molecular weight is 326 g/mol. The van der Waals surface area contributed by atoms with Crippen LogP contribution >= 0.6 is 0 Å². The number of aromatic nitrogens is 2. The summed E-state index contributed by atoms with van der Waals surface area (Å²) in [7, 11) is 0. The van der Waals surface area contributed by atoms with E-state index in [1.807, 2.05) is 18.2 Å². The van der Waals surface area contributed by atoms with Gasteiger partial charge in [-0.15, -0.1) is 0 Å². The van der Waals surface area contributed by atoms with E-state index in [0.29, 0.717) is 19.0 Å². The van der Waals surface area contributed by atoms with Crippen molar-refractivity contribution in [2.75, 3.05) is 6.54 Å². The lowest BCUT2D eigenvalue weighted by Crippen LogP contribution is -2.41. The Kier molecular flexibility index (Phi) is 3.96. The Hall–Kier alpha value is -2.37. The minimum atomic E-state index is -0.0608. The normalized spacial score (nSPS) is 19.7. The molecule has 2 aliphatic carbocycles. The second kappa shape index (κ2) is 6.26. The van der Waals surface area contributed by atoms with Gasteiger partial charge in [0.05, 0.1) is 5.69 Å². The summed E-state index contributed by atoms with van der Waals surface area (Å²) in [6, 6.07) is 0.301. The largest absolute Gasteiger partial charge is 0.335 e. The van der Waals surface area contributed by atoms with Crippen molar-refractivity contribution in [2.24, 2.45) is 0 Å². The molecule has 0 unspecified atom stereocenters. The Bertz CT molecular complexity index is 774. The first-order valence-electron chi connectivity index (χ1n) is 8.75. The molecule has 1 aromatic heterocycles. The number of amides is 2. The van der Waals surface area contributed by atoms with E-state index in [-0.39, 0.29) is 11.6 Å². The van der Waals surface area contributed by atoms with Crippen LogP contribution in [0.25, 0.3) is 0 Å². The van der Waals surface area contributed by atoms with Gasteiger partial charge in [-0.3, -0.25) is 9.69 Å². The number of carbonyl (C=O) groups is 1. The van der Waals surface area contributed by atoms with Gasteiger partial charge in [0.15, 0.2) is 0 Å². The predicted molar refractivity (Wildman–Crippen MR) is 90.7 cm³/mol. The monoisotopic (exact) mass is 326 g/mol. The number of urea groups is 1. The van der Waals surface area contributed by atoms with Gasteiger partial charge in [0.25, 0.3) is 5.56 Å². The highest BCUT2D eigenvalue weighted by atomic mass is 16.2. The van der Waals surface area contributed by atoms with Gasteiger partial charge in [-0.05, 0) is 50.2 Å². The SMILES string of the molecule is O=C(NC1CC1)N1CC=CC=C1Cc1n[nH]c(=O)c2c1CCCC2. The maximum absolute atomic E-state index is 12.5. The van der Waals surface area contributed by atoms with E-state index in [2.05, 4.69) is 15.5 Å². The number of nitrogens with zero attached hydrogens (tertiary/aromatic N) is 2. The third kappa shape index (κ3) is 3.00. The third-order valence-electron chi connectivity index (χ3n) is 4.94. The summed E-state index contributed by atoms with van der Waals surface area (Å²) >= 11 is 0. The molecule has 0 atom stereocenters. The molecule has 1 fully saturated rings. The molecule has 0 spiro atoms. The second-order valence-electron chi connectivity index (χ2n) is 6.76. The molecule has 0 aromatic carbocycles. The van der Waals surface area contributed by atoms with Crippen LogP contribution < -0.4 is 10.9 Å². The molecule has 24 heavy (non-hydrogen) atoms. The fourth-order valence-electron chi connectivity index (χ4n) is 3.45. The molecule has 1 saturated carbocycles. The first-order valence-corrected chi connectivity index (χ1v) is 8.75. The van der Waals surface area contributed by atoms with E-state index < -0.39 is 0 Å². The molecular weight excluding hydrogens is 304 g/mol. The van der Waals surface area contributed by atoms with E-state index in [9.17, 15) is 9.59 Å². The van der Waals surface area contributed by atoms with Gasteiger partial charge in [0.2, 0.25) is 0 Å². The van der Waals surface area contributed by atoms with Crippen molar-refractivity contribution in [3.63, 3.8) is 0 Å². The van der Waals surface area contributed by atoms with Crippen LogP contribution in [0.5, 0.6) is 0 Å². The lowest BCUT2D eigenvalue weighted by molar-refractivity contribution is 0.213. The number of fused-ring (bicyclic) bond motifs is 1. The first-order chi connectivity index (χ1) is 11.7. The second-order valence-corrected chi connectivity index (χ2v) is 6.76. The van der Waals surface area contributed by atoms with Gasteiger partial charge < -0.3 is 5.32 Å². The zero-order valence-corrected chi connectivity index (χ0v) is 13.7. The van der Waals surface area contributed by atoms with Crippen LogP contribution in [0.3, 0.4) is 0 Å². The van der Waals surface area contributed by atoms with E-state index in [1.165, 1.54) is 0 Å². The summed E-state index contributed by atoms with van der Waals surface area (Å²) in [5.41, 5.74) is 3.74. The third-order valence-corrected chi connectivity index (χ3v) is 4.94. The number of allylic oxidation sites excluding steroid dienone is 3. The van der Waals surface area contributed by atoms with Crippen molar-refractivity contribution >= 4 is 6.03 Å². The van der Waals surface area contributed by atoms with Gasteiger partial charge in [-0.2, -0.15) is 5.10 Å². The minimum Gasteiger partial charge on any atom is -0.335 e. The number of rotatable bonds is 3. The Morgan fingerprint density at radius 1 is 1.29 bits per heavy atom. The van der Waals surface area contributed by atoms with Crippen LogP contribution in [0.1, 0.15) is 42.5 Å². The quantitative estimate of drug-likeness (QED) is 0.889. The van der Waals surface area contributed by atoms with Crippen LogP contribution in [0, 0.1) is 0 Å². The molecular formula is C18H22N4O2. The lowest BCUT2D eigenvalue weighted by atomic mass is 9.90. The molecule has 6 nitrogen and oxygen atoms in total. The minimum absolute atomic E-state index is 0.0357. The van der Waals surface area contributed by atoms with Crippen molar-refractivity contribution in [2.45, 2.75) is 51.0 Å². The van der Waals surface area contributed by atoms with E-state index >= 15 is 0 Å². The number of hydrogen-bond acceptors (Lipinski definition) is 3. The summed E-state index contributed by atoms with van der Waals surface area (Å²) in [6.45, 7) is 0.579. The fraction of sp³-hybridized carbons (Fsp3) is 0.500. The van der Waals surface area contributed by atoms with Gasteiger partial charge in [-0.25, -0.2) is 9.89 Å². The number of H-pyrrole nitrogens is 1. The molecule has 1 aliphatic heterocycles. The summed E-state index contributed by atoms with van der Waals surface area (Å²) < 4.78 is 0. The highest BCUT2D eigenvalue weighted by molar-refractivity contribution is 5.77. The first kappa shape index (κ1) is 15.2. The number of hydrogen-bond donors (Lipinski definition) is 2. The van der Waals surface area contributed by atoms with Crippen molar-refractivity contribution in [3.05, 3.63) is 51.1 Å². The molecule has 126 valence electrons. The molecule has 6 heteroatoms. The molecule has 3 aliphatic rings. The topological polar surface area (TPSA) is 78.1 Å². The Balaban J connectivity index is 1.59. The maximum atomic E-state index is 12.5. The smallest absolute Gasteiger partial charge is 0.322 e. The summed E-state index contributed by atoms with van der Waals surface area (Å²) in [5, 5.41) is 9.97. The van der Waals surface area contributed by atoms with Crippen LogP contribution in [0.2, 0.25) is 0 Å². The average Bonchev–Trinajstić information content (AvgIpc) is 3.42. The van der Waals surface area contributed by atoms with Gasteiger partial charge in [0, 0.05) is 30.3 Å². The van der Waals surface area contributed by atoms with Crippen molar-refractivity contribution < 1.29 is 4.79 Å². The summed E-state index contributed by atoms with van der Waals surface area (Å²) in [6.07, 6.45) is 12.5. The Morgan fingerprint density at radius 3 is 2.88 bits per heavy atom. The summed E-state index contributed by atoms with van der Waals surface area (Å²) in [4.78, 5) is 26.2. The Labute approximate surface area is 140 Å². The molecule has 1 aromatic rings. The fourth-order valence-corrected chi connectivity index (χ4v) is 3.45.